The van der Waals surface area contributed by atoms with E-state index in [1.807, 2.05) is 0 Å². The molecule has 0 saturated carbocycles. The van der Waals surface area contributed by atoms with Crippen molar-refractivity contribution in [3.8, 4) is 0 Å². The van der Waals surface area contributed by atoms with E-state index in [9.17, 15) is 18.0 Å². The SMILES string of the molecule is Cc1c(C(=O)NCCc2ccc(S(N)(=O)=O)cc2)sc2nc[nH]c(=O)c12. The smallest absolute Gasteiger partial charge is 0.261 e. The molecule has 0 aliphatic heterocycles. The Morgan fingerprint density at radius 2 is 2.00 bits per heavy atom. The molecule has 1 amide bonds. The second-order valence-electron chi connectivity index (χ2n) is 5.66. The standard InChI is InChI=1S/C16H16N4O4S2/c1-9-12-14(21)19-8-20-16(12)25-13(9)15(22)18-7-6-10-2-4-11(5-3-10)26(17,23)24/h2-5,8H,6-7H2,1H3,(H,18,22)(H2,17,23,24)(H,19,20,21). The Balaban J connectivity index is 1.67. The number of hydrogen-bond acceptors (Lipinski definition) is 6. The van der Waals surface area contributed by atoms with Gasteiger partial charge in [0.1, 0.15) is 4.83 Å². The number of aromatic amines is 1. The van der Waals surface area contributed by atoms with Crippen LogP contribution in [0.15, 0.2) is 40.3 Å². The van der Waals surface area contributed by atoms with Gasteiger partial charge in [-0.2, -0.15) is 0 Å². The maximum atomic E-state index is 12.4. The lowest BCUT2D eigenvalue weighted by atomic mass is 10.1. The van der Waals surface area contributed by atoms with Crippen LogP contribution in [0, 0.1) is 6.92 Å². The van der Waals surface area contributed by atoms with Gasteiger partial charge in [0.15, 0.2) is 0 Å². The minimum Gasteiger partial charge on any atom is -0.351 e. The number of hydrogen-bond donors (Lipinski definition) is 3. The van der Waals surface area contributed by atoms with Gasteiger partial charge in [0, 0.05) is 6.54 Å². The van der Waals surface area contributed by atoms with Crippen molar-refractivity contribution in [2.24, 2.45) is 5.14 Å². The van der Waals surface area contributed by atoms with Crippen LogP contribution >= 0.6 is 11.3 Å². The fourth-order valence-electron chi connectivity index (χ4n) is 2.54. The van der Waals surface area contributed by atoms with Gasteiger partial charge < -0.3 is 10.3 Å². The van der Waals surface area contributed by atoms with Crippen molar-refractivity contribution in [2.45, 2.75) is 18.2 Å². The zero-order chi connectivity index (χ0) is 18.9. The summed E-state index contributed by atoms with van der Waals surface area (Å²) >= 11 is 1.17. The van der Waals surface area contributed by atoms with Crippen molar-refractivity contribution in [3.63, 3.8) is 0 Å². The molecule has 1 aromatic carbocycles. The summed E-state index contributed by atoms with van der Waals surface area (Å²) in [5, 5.41) is 8.29. The predicted octanol–water partition coefficient (Wildman–Crippen LogP) is 0.913. The Hall–Kier alpha value is -2.56. The van der Waals surface area contributed by atoms with Crippen LogP contribution in [0.2, 0.25) is 0 Å². The largest absolute Gasteiger partial charge is 0.351 e. The average Bonchev–Trinajstić information content (AvgIpc) is 2.93. The first kappa shape index (κ1) is 18.2. The number of nitrogens with two attached hydrogens (primary N) is 1. The van der Waals surface area contributed by atoms with Crippen molar-refractivity contribution >= 4 is 37.5 Å². The molecule has 2 aromatic heterocycles. The summed E-state index contributed by atoms with van der Waals surface area (Å²) < 4.78 is 22.5. The minimum atomic E-state index is -3.71. The third-order valence-electron chi connectivity index (χ3n) is 3.89. The van der Waals surface area contributed by atoms with Crippen LogP contribution in [0.3, 0.4) is 0 Å². The van der Waals surface area contributed by atoms with E-state index in [0.29, 0.717) is 33.6 Å². The van der Waals surface area contributed by atoms with Crippen LogP contribution < -0.4 is 16.0 Å². The molecule has 3 rings (SSSR count). The van der Waals surface area contributed by atoms with Crippen molar-refractivity contribution in [1.82, 2.24) is 15.3 Å². The molecule has 0 radical (unpaired) electrons. The van der Waals surface area contributed by atoms with Gasteiger partial charge in [0.25, 0.3) is 11.5 Å². The molecule has 0 bridgehead atoms. The van der Waals surface area contributed by atoms with E-state index in [1.165, 1.54) is 29.8 Å². The van der Waals surface area contributed by atoms with E-state index in [-0.39, 0.29) is 16.4 Å². The van der Waals surface area contributed by atoms with E-state index in [2.05, 4.69) is 15.3 Å². The Labute approximate surface area is 153 Å². The van der Waals surface area contributed by atoms with E-state index in [4.69, 9.17) is 5.14 Å². The van der Waals surface area contributed by atoms with Crippen LogP contribution in [0.25, 0.3) is 10.2 Å². The summed E-state index contributed by atoms with van der Waals surface area (Å²) in [5.74, 6) is -0.272. The number of amides is 1. The highest BCUT2D eigenvalue weighted by Gasteiger charge is 2.17. The fraction of sp³-hybridized carbons (Fsp3) is 0.188. The molecule has 136 valence electrons. The number of nitrogens with one attached hydrogen (secondary N) is 2. The third-order valence-corrected chi connectivity index (χ3v) is 6.02. The lowest BCUT2D eigenvalue weighted by molar-refractivity contribution is 0.0957. The van der Waals surface area contributed by atoms with Gasteiger partial charge in [-0.1, -0.05) is 12.1 Å². The van der Waals surface area contributed by atoms with E-state index in [1.54, 1.807) is 19.1 Å². The van der Waals surface area contributed by atoms with Gasteiger partial charge in [-0.05, 0) is 36.6 Å². The summed E-state index contributed by atoms with van der Waals surface area (Å²) in [6.07, 6.45) is 1.84. The second-order valence-corrected chi connectivity index (χ2v) is 8.22. The van der Waals surface area contributed by atoms with Gasteiger partial charge >= 0.3 is 0 Å². The Bertz CT molecular complexity index is 1130. The zero-order valence-corrected chi connectivity index (χ0v) is 15.4. The number of aromatic nitrogens is 2. The molecule has 0 saturated heterocycles. The predicted molar refractivity (Wildman–Crippen MR) is 98.8 cm³/mol. The van der Waals surface area contributed by atoms with Gasteiger partial charge in [-0.3, -0.25) is 9.59 Å². The van der Waals surface area contributed by atoms with E-state index < -0.39 is 10.0 Å². The number of aryl methyl sites for hydroxylation is 1. The van der Waals surface area contributed by atoms with Crippen LogP contribution in [0.4, 0.5) is 0 Å². The highest BCUT2D eigenvalue weighted by atomic mass is 32.2. The normalized spacial score (nSPS) is 11.6. The van der Waals surface area contributed by atoms with Gasteiger partial charge in [0.05, 0.1) is 21.5 Å². The molecule has 26 heavy (non-hydrogen) atoms. The first-order valence-corrected chi connectivity index (χ1v) is 10.0. The van der Waals surface area contributed by atoms with Gasteiger partial charge in [0.2, 0.25) is 10.0 Å². The monoisotopic (exact) mass is 392 g/mol. The van der Waals surface area contributed by atoms with Crippen molar-refractivity contribution in [2.75, 3.05) is 6.54 Å². The molecule has 10 heteroatoms. The van der Waals surface area contributed by atoms with E-state index in [0.717, 1.165) is 5.56 Å². The highest BCUT2D eigenvalue weighted by Crippen LogP contribution is 2.26. The van der Waals surface area contributed by atoms with Crippen LogP contribution in [0.5, 0.6) is 0 Å². The fourth-order valence-corrected chi connectivity index (χ4v) is 4.12. The van der Waals surface area contributed by atoms with Crippen molar-refractivity contribution < 1.29 is 13.2 Å². The van der Waals surface area contributed by atoms with Crippen LogP contribution in [-0.4, -0.2) is 30.8 Å². The molecule has 0 spiro atoms. The number of primary sulfonamides is 1. The number of carbonyl (C=O) groups is 1. The van der Waals surface area contributed by atoms with Gasteiger partial charge in [-0.15, -0.1) is 11.3 Å². The number of benzene rings is 1. The summed E-state index contributed by atoms with van der Waals surface area (Å²) in [7, 11) is -3.71. The molecule has 8 nitrogen and oxygen atoms in total. The topological polar surface area (TPSA) is 135 Å². The number of sulfonamides is 1. The molecule has 0 aliphatic rings. The summed E-state index contributed by atoms with van der Waals surface area (Å²) in [6, 6.07) is 6.17. The number of H-pyrrole nitrogens is 1. The number of thiophene rings is 1. The Kier molecular flexibility index (Phi) is 4.90. The summed E-state index contributed by atoms with van der Waals surface area (Å²) in [4.78, 5) is 31.9. The summed E-state index contributed by atoms with van der Waals surface area (Å²) in [6.45, 7) is 2.08. The molecule has 0 atom stereocenters. The molecule has 3 aromatic rings. The number of rotatable bonds is 5. The van der Waals surface area contributed by atoms with Crippen molar-refractivity contribution in [3.05, 3.63) is 57.0 Å². The second kappa shape index (κ2) is 6.98. The molecular weight excluding hydrogens is 376 g/mol. The average molecular weight is 392 g/mol. The minimum absolute atomic E-state index is 0.0453. The van der Waals surface area contributed by atoms with Gasteiger partial charge in [-0.25, -0.2) is 18.5 Å². The molecule has 0 aliphatic carbocycles. The first-order valence-electron chi connectivity index (χ1n) is 7.64. The number of carbonyl (C=O) groups excluding carboxylic acids is 1. The van der Waals surface area contributed by atoms with Crippen molar-refractivity contribution in [1.29, 1.82) is 0 Å². The summed E-state index contributed by atoms with van der Waals surface area (Å²) in [5.41, 5.74) is 1.20. The third kappa shape index (κ3) is 3.66. The lowest BCUT2D eigenvalue weighted by Gasteiger charge is -2.05. The Morgan fingerprint density at radius 3 is 2.62 bits per heavy atom. The molecule has 0 unspecified atom stereocenters. The maximum absolute atomic E-state index is 12.4. The molecular formula is C16H16N4O4S2. The number of nitrogens with zero attached hydrogens (tertiary/aromatic N) is 1. The number of fused-ring (bicyclic) bond motifs is 1. The van der Waals surface area contributed by atoms with Crippen LogP contribution in [0.1, 0.15) is 20.8 Å². The first-order chi connectivity index (χ1) is 12.3. The Morgan fingerprint density at radius 1 is 1.31 bits per heavy atom. The molecule has 4 N–H and O–H groups in total. The van der Waals surface area contributed by atoms with Crippen LogP contribution in [-0.2, 0) is 16.4 Å². The van der Waals surface area contributed by atoms with E-state index >= 15 is 0 Å². The lowest BCUT2D eigenvalue weighted by Crippen LogP contribution is -2.25. The molecule has 0 fully saturated rings. The maximum Gasteiger partial charge on any atom is 0.261 e. The quantitative estimate of drug-likeness (QED) is 0.593. The molecule has 2 heterocycles. The zero-order valence-electron chi connectivity index (χ0n) is 13.8. The highest BCUT2D eigenvalue weighted by molar-refractivity contribution is 7.89.